The number of nitrogens with one attached hydrogen (secondary N) is 1. The van der Waals surface area contributed by atoms with Gasteiger partial charge in [0.15, 0.2) is 0 Å². The van der Waals surface area contributed by atoms with E-state index in [1.54, 1.807) is 6.92 Å². The predicted molar refractivity (Wildman–Crippen MR) is 87.2 cm³/mol. The van der Waals surface area contributed by atoms with Crippen molar-refractivity contribution in [3.05, 3.63) is 23.8 Å². The molecule has 134 valence electrons. The number of rotatable bonds is 8. The molecule has 0 aliphatic heterocycles. The number of methoxy groups -OCH3 is 1. The van der Waals surface area contributed by atoms with Crippen LogP contribution in [0.25, 0.3) is 0 Å². The number of ether oxygens (including phenoxy) is 1. The standard InChI is InChI=1S/C15H22N2O6S/c1-5-14(18)16-9-11-8-12(6-7-13(11)23-4)24(21,22)17(3)10(2)15(19)20/h6-8,10H,5,9H2,1-4H3,(H,16,18)(H,19,20). The Labute approximate surface area is 141 Å². The maximum atomic E-state index is 12.6. The lowest BCUT2D eigenvalue weighted by atomic mass is 10.2. The first-order valence-electron chi connectivity index (χ1n) is 7.29. The first kappa shape index (κ1) is 19.9. The van der Waals surface area contributed by atoms with E-state index in [0.717, 1.165) is 4.31 Å². The summed E-state index contributed by atoms with van der Waals surface area (Å²) in [6, 6.07) is 2.97. The number of carbonyl (C=O) groups is 2. The Morgan fingerprint density at radius 1 is 1.38 bits per heavy atom. The lowest BCUT2D eigenvalue weighted by molar-refractivity contribution is -0.140. The Morgan fingerprint density at radius 2 is 2.00 bits per heavy atom. The third-order valence-electron chi connectivity index (χ3n) is 3.63. The van der Waals surface area contributed by atoms with E-state index < -0.39 is 22.0 Å². The predicted octanol–water partition coefficient (Wildman–Crippen LogP) is 0.815. The average molecular weight is 358 g/mol. The van der Waals surface area contributed by atoms with Crippen LogP contribution in [0.4, 0.5) is 0 Å². The molecule has 1 aromatic carbocycles. The second kappa shape index (κ2) is 8.11. The van der Waals surface area contributed by atoms with Crippen molar-refractivity contribution in [1.29, 1.82) is 0 Å². The smallest absolute Gasteiger partial charge is 0.321 e. The van der Waals surface area contributed by atoms with Gasteiger partial charge < -0.3 is 15.2 Å². The van der Waals surface area contributed by atoms with Gasteiger partial charge in [0.1, 0.15) is 11.8 Å². The van der Waals surface area contributed by atoms with Crippen molar-refractivity contribution < 1.29 is 27.9 Å². The number of hydrogen-bond acceptors (Lipinski definition) is 5. The topological polar surface area (TPSA) is 113 Å². The van der Waals surface area contributed by atoms with Gasteiger partial charge in [0.05, 0.1) is 12.0 Å². The van der Waals surface area contributed by atoms with Gasteiger partial charge in [0.2, 0.25) is 15.9 Å². The fourth-order valence-corrected chi connectivity index (χ4v) is 3.27. The van der Waals surface area contributed by atoms with Gasteiger partial charge >= 0.3 is 5.97 Å². The highest BCUT2D eigenvalue weighted by Crippen LogP contribution is 2.25. The second-order valence-corrected chi connectivity index (χ2v) is 7.14. The molecule has 0 heterocycles. The van der Waals surface area contributed by atoms with Crippen LogP contribution in [0.2, 0.25) is 0 Å². The Morgan fingerprint density at radius 3 is 2.50 bits per heavy atom. The number of sulfonamides is 1. The van der Waals surface area contributed by atoms with Crippen LogP contribution in [0, 0.1) is 0 Å². The quantitative estimate of drug-likeness (QED) is 0.711. The van der Waals surface area contributed by atoms with Crippen molar-refractivity contribution in [3.8, 4) is 5.75 Å². The Balaban J connectivity index is 3.20. The van der Waals surface area contributed by atoms with Gasteiger partial charge in [-0.1, -0.05) is 6.92 Å². The van der Waals surface area contributed by atoms with Crippen LogP contribution in [0.1, 0.15) is 25.8 Å². The van der Waals surface area contributed by atoms with E-state index in [9.17, 15) is 18.0 Å². The summed E-state index contributed by atoms with van der Waals surface area (Å²) >= 11 is 0. The van der Waals surface area contributed by atoms with Crippen LogP contribution < -0.4 is 10.1 Å². The molecular formula is C15H22N2O6S. The summed E-state index contributed by atoms with van der Waals surface area (Å²) in [6.07, 6.45) is 0.305. The second-order valence-electron chi connectivity index (χ2n) is 5.14. The molecule has 0 radical (unpaired) electrons. The van der Waals surface area contributed by atoms with Gasteiger partial charge in [-0.3, -0.25) is 9.59 Å². The first-order valence-corrected chi connectivity index (χ1v) is 8.73. The number of carbonyl (C=O) groups excluding carboxylic acids is 1. The summed E-state index contributed by atoms with van der Waals surface area (Å²) < 4.78 is 31.1. The molecule has 1 aromatic rings. The van der Waals surface area contributed by atoms with Crippen molar-refractivity contribution in [2.45, 2.75) is 37.8 Å². The molecule has 1 rings (SSSR count). The maximum Gasteiger partial charge on any atom is 0.321 e. The van der Waals surface area contributed by atoms with Gasteiger partial charge in [-0.15, -0.1) is 0 Å². The zero-order valence-electron chi connectivity index (χ0n) is 14.1. The summed E-state index contributed by atoms with van der Waals surface area (Å²) in [6.45, 7) is 3.10. The summed E-state index contributed by atoms with van der Waals surface area (Å²) in [5.41, 5.74) is 0.483. The van der Waals surface area contributed by atoms with E-state index in [2.05, 4.69) is 5.32 Å². The van der Waals surface area contributed by atoms with Crippen molar-refractivity contribution in [2.75, 3.05) is 14.2 Å². The fourth-order valence-electron chi connectivity index (χ4n) is 1.90. The SMILES string of the molecule is CCC(=O)NCc1cc(S(=O)(=O)N(C)C(C)C(=O)O)ccc1OC. The largest absolute Gasteiger partial charge is 0.496 e. The zero-order valence-corrected chi connectivity index (χ0v) is 14.9. The normalized spacial score (nSPS) is 12.7. The first-order chi connectivity index (χ1) is 11.1. The van der Waals surface area contributed by atoms with Crippen molar-refractivity contribution >= 4 is 21.9 Å². The highest BCUT2D eigenvalue weighted by Gasteiger charge is 2.30. The van der Waals surface area contributed by atoms with E-state index in [-0.39, 0.29) is 17.3 Å². The third-order valence-corrected chi connectivity index (χ3v) is 5.55. The molecule has 0 saturated carbocycles. The van der Waals surface area contributed by atoms with E-state index in [0.29, 0.717) is 17.7 Å². The highest BCUT2D eigenvalue weighted by molar-refractivity contribution is 7.89. The molecule has 0 fully saturated rings. The molecule has 1 amide bonds. The van der Waals surface area contributed by atoms with Crippen molar-refractivity contribution in [1.82, 2.24) is 9.62 Å². The van der Waals surface area contributed by atoms with E-state index in [1.165, 1.54) is 39.3 Å². The Bertz CT molecular complexity index is 717. The summed E-state index contributed by atoms with van der Waals surface area (Å²) in [5.74, 6) is -0.994. The van der Waals surface area contributed by atoms with Crippen LogP contribution in [0.15, 0.2) is 23.1 Å². The van der Waals surface area contributed by atoms with Gasteiger partial charge in [0, 0.05) is 25.6 Å². The minimum atomic E-state index is -3.99. The van der Waals surface area contributed by atoms with Crippen LogP contribution >= 0.6 is 0 Å². The van der Waals surface area contributed by atoms with E-state index in [4.69, 9.17) is 9.84 Å². The highest BCUT2D eigenvalue weighted by atomic mass is 32.2. The fraction of sp³-hybridized carbons (Fsp3) is 0.467. The Hall–Kier alpha value is -2.13. The lowest BCUT2D eigenvalue weighted by Crippen LogP contribution is -2.40. The molecule has 0 bridgehead atoms. The number of nitrogens with zero attached hydrogens (tertiary/aromatic N) is 1. The third kappa shape index (κ3) is 4.45. The molecule has 1 unspecified atom stereocenters. The van der Waals surface area contributed by atoms with Gasteiger partial charge in [0.25, 0.3) is 0 Å². The lowest BCUT2D eigenvalue weighted by Gasteiger charge is -2.21. The van der Waals surface area contributed by atoms with Gasteiger partial charge in [-0.25, -0.2) is 8.42 Å². The number of aliphatic carboxylic acids is 1. The molecule has 0 saturated heterocycles. The van der Waals surface area contributed by atoms with Gasteiger partial charge in [-0.05, 0) is 25.1 Å². The monoisotopic (exact) mass is 358 g/mol. The van der Waals surface area contributed by atoms with Crippen LogP contribution in [0.3, 0.4) is 0 Å². The zero-order chi connectivity index (χ0) is 18.5. The van der Waals surface area contributed by atoms with Crippen LogP contribution in [-0.2, 0) is 26.2 Å². The number of amides is 1. The van der Waals surface area contributed by atoms with Gasteiger partial charge in [-0.2, -0.15) is 4.31 Å². The molecule has 0 aliphatic rings. The molecule has 1 atom stereocenters. The Kier molecular flexibility index (Phi) is 6.73. The molecular weight excluding hydrogens is 336 g/mol. The number of carboxylic acids is 1. The van der Waals surface area contributed by atoms with E-state index >= 15 is 0 Å². The summed E-state index contributed by atoms with van der Waals surface area (Å²) in [5, 5.41) is 11.6. The van der Waals surface area contributed by atoms with E-state index in [1.807, 2.05) is 0 Å². The van der Waals surface area contributed by atoms with Crippen LogP contribution in [-0.4, -0.2) is 49.9 Å². The van der Waals surface area contributed by atoms with Crippen molar-refractivity contribution in [2.24, 2.45) is 0 Å². The molecule has 0 spiro atoms. The van der Waals surface area contributed by atoms with Crippen molar-refractivity contribution in [3.63, 3.8) is 0 Å². The maximum absolute atomic E-state index is 12.6. The minimum absolute atomic E-state index is 0.0698. The summed E-state index contributed by atoms with van der Waals surface area (Å²) in [7, 11) is -1.35. The minimum Gasteiger partial charge on any atom is -0.496 e. The average Bonchev–Trinajstić information content (AvgIpc) is 2.57. The molecule has 24 heavy (non-hydrogen) atoms. The molecule has 8 nitrogen and oxygen atoms in total. The molecule has 9 heteroatoms. The summed E-state index contributed by atoms with van der Waals surface area (Å²) in [4.78, 5) is 22.3. The number of hydrogen-bond donors (Lipinski definition) is 2. The number of carboxylic acid groups (broad SMARTS) is 1. The number of likely N-dealkylation sites (N-methyl/N-ethyl adjacent to an activating group) is 1. The molecule has 0 aromatic heterocycles. The molecule has 2 N–H and O–H groups in total. The van der Waals surface area contributed by atoms with Crippen LogP contribution in [0.5, 0.6) is 5.75 Å². The molecule has 0 aliphatic carbocycles. The number of benzene rings is 1.